The predicted molar refractivity (Wildman–Crippen MR) is 82.7 cm³/mol. The molecule has 0 bridgehead atoms. The van der Waals surface area contributed by atoms with Gasteiger partial charge in [-0.1, -0.05) is 0 Å². The van der Waals surface area contributed by atoms with E-state index < -0.39 is 0 Å². The van der Waals surface area contributed by atoms with Crippen LogP contribution in [-0.2, 0) is 5.54 Å². The highest BCUT2D eigenvalue weighted by Gasteiger charge is 2.17. The monoisotopic (exact) mass is 370 g/mol. The van der Waals surface area contributed by atoms with E-state index in [1.165, 1.54) is 0 Å². The molecule has 2 rings (SSSR count). The normalized spacial score (nSPS) is 11.4. The van der Waals surface area contributed by atoms with Crippen LogP contribution in [0.2, 0.25) is 0 Å². The molecule has 0 fully saturated rings. The first-order chi connectivity index (χ1) is 8.88. The van der Waals surface area contributed by atoms with E-state index in [4.69, 9.17) is 4.74 Å². The van der Waals surface area contributed by atoms with Crippen LogP contribution in [0.1, 0.15) is 20.8 Å². The Kier molecular flexibility index (Phi) is 3.93. The summed E-state index contributed by atoms with van der Waals surface area (Å²) in [6, 6.07) is 7.47. The Morgan fingerprint density at radius 1 is 1.21 bits per heavy atom. The molecule has 1 aromatic carbocycles. The first-order valence-corrected chi connectivity index (χ1v) is 6.97. The maximum absolute atomic E-state index is 12.3. The van der Waals surface area contributed by atoms with Crippen LogP contribution in [0.25, 0.3) is 0 Å². The second-order valence-corrected chi connectivity index (χ2v) is 6.38. The molecule has 1 aromatic heterocycles. The van der Waals surface area contributed by atoms with Gasteiger partial charge in [-0.15, -0.1) is 0 Å². The number of aromatic nitrogens is 2. The average molecular weight is 370 g/mol. The minimum Gasteiger partial charge on any atom is -0.435 e. The van der Waals surface area contributed by atoms with Crippen LogP contribution in [-0.4, -0.2) is 9.55 Å². The van der Waals surface area contributed by atoms with Crippen LogP contribution in [0.4, 0.5) is 0 Å². The fourth-order valence-corrected chi connectivity index (χ4v) is 1.97. The number of rotatable bonds is 2. The number of benzene rings is 1. The number of ether oxygens (including phenoxy) is 1. The van der Waals surface area contributed by atoms with Gasteiger partial charge in [0, 0.05) is 21.5 Å². The molecule has 0 radical (unpaired) electrons. The summed E-state index contributed by atoms with van der Waals surface area (Å²) in [6.45, 7) is 5.88. The third-order valence-electron chi connectivity index (χ3n) is 2.56. The van der Waals surface area contributed by atoms with E-state index in [-0.39, 0.29) is 17.0 Å². The first kappa shape index (κ1) is 14.0. The van der Waals surface area contributed by atoms with E-state index in [1.807, 2.05) is 45.0 Å². The van der Waals surface area contributed by atoms with Gasteiger partial charge in [0.2, 0.25) is 0 Å². The molecule has 0 saturated carbocycles. The van der Waals surface area contributed by atoms with Gasteiger partial charge >= 0.3 is 5.56 Å². The largest absolute Gasteiger partial charge is 0.435 e. The summed E-state index contributed by atoms with van der Waals surface area (Å²) in [5, 5.41) is 0. The Hall–Kier alpha value is -1.37. The Morgan fingerprint density at radius 2 is 1.84 bits per heavy atom. The van der Waals surface area contributed by atoms with Gasteiger partial charge in [0.1, 0.15) is 5.75 Å². The SMILES string of the molecule is CC(C)(C)n1ccnc(Oc2ccc(I)cc2)c1=O. The Balaban J connectivity index is 2.37. The Morgan fingerprint density at radius 3 is 2.42 bits per heavy atom. The molecule has 0 spiro atoms. The third kappa shape index (κ3) is 3.34. The standard InChI is InChI=1S/C14H15IN2O2/c1-14(2,3)17-9-8-16-12(13(17)18)19-11-6-4-10(15)5-7-11/h4-9H,1-3H3. The smallest absolute Gasteiger partial charge is 0.314 e. The molecule has 19 heavy (non-hydrogen) atoms. The van der Waals surface area contributed by atoms with Crippen molar-refractivity contribution in [2.45, 2.75) is 26.3 Å². The predicted octanol–water partition coefficient (Wildman–Crippen LogP) is 3.40. The molecule has 0 amide bonds. The van der Waals surface area contributed by atoms with Crippen molar-refractivity contribution >= 4 is 22.6 Å². The molecule has 0 aliphatic rings. The van der Waals surface area contributed by atoms with Gasteiger partial charge in [-0.2, -0.15) is 0 Å². The van der Waals surface area contributed by atoms with Crippen LogP contribution < -0.4 is 10.3 Å². The zero-order chi connectivity index (χ0) is 14.0. The van der Waals surface area contributed by atoms with Crippen molar-refractivity contribution in [1.29, 1.82) is 0 Å². The van der Waals surface area contributed by atoms with Crippen molar-refractivity contribution < 1.29 is 4.74 Å². The molecule has 2 aromatic rings. The maximum Gasteiger partial charge on any atom is 0.314 e. The number of hydrogen-bond donors (Lipinski definition) is 0. The summed E-state index contributed by atoms with van der Waals surface area (Å²) < 4.78 is 8.27. The van der Waals surface area contributed by atoms with Crippen LogP contribution >= 0.6 is 22.6 Å². The number of nitrogens with zero attached hydrogens (tertiary/aromatic N) is 2. The first-order valence-electron chi connectivity index (χ1n) is 5.89. The molecular weight excluding hydrogens is 355 g/mol. The van der Waals surface area contributed by atoms with E-state index in [0.29, 0.717) is 5.75 Å². The van der Waals surface area contributed by atoms with Crippen molar-refractivity contribution in [2.24, 2.45) is 0 Å². The van der Waals surface area contributed by atoms with Crippen molar-refractivity contribution in [2.75, 3.05) is 0 Å². The molecule has 0 N–H and O–H groups in total. The van der Waals surface area contributed by atoms with Gasteiger partial charge in [0.25, 0.3) is 5.88 Å². The molecule has 1 heterocycles. The van der Waals surface area contributed by atoms with E-state index in [1.54, 1.807) is 17.0 Å². The van der Waals surface area contributed by atoms with Gasteiger partial charge in [0.05, 0.1) is 0 Å². The topological polar surface area (TPSA) is 44.1 Å². The lowest BCUT2D eigenvalue weighted by molar-refractivity contribution is 0.363. The van der Waals surface area contributed by atoms with Crippen LogP contribution in [0, 0.1) is 3.57 Å². The quantitative estimate of drug-likeness (QED) is 0.762. The molecule has 5 heteroatoms. The molecule has 0 aliphatic carbocycles. The second-order valence-electron chi connectivity index (χ2n) is 5.13. The van der Waals surface area contributed by atoms with E-state index in [0.717, 1.165) is 3.57 Å². The zero-order valence-electron chi connectivity index (χ0n) is 11.1. The van der Waals surface area contributed by atoms with Gasteiger partial charge in [0.15, 0.2) is 0 Å². The lowest BCUT2D eigenvalue weighted by Crippen LogP contribution is -2.34. The maximum atomic E-state index is 12.3. The summed E-state index contributed by atoms with van der Waals surface area (Å²) in [5.41, 5.74) is -0.530. The van der Waals surface area contributed by atoms with Crippen molar-refractivity contribution in [1.82, 2.24) is 9.55 Å². The van der Waals surface area contributed by atoms with Crippen molar-refractivity contribution in [3.05, 3.63) is 50.6 Å². The van der Waals surface area contributed by atoms with Gasteiger partial charge in [-0.05, 0) is 67.6 Å². The molecular formula is C14H15IN2O2. The molecule has 0 aliphatic heterocycles. The third-order valence-corrected chi connectivity index (χ3v) is 3.28. The number of halogens is 1. The minimum absolute atomic E-state index is 0.0960. The van der Waals surface area contributed by atoms with Crippen LogP contribution in [0.3, 0.4) is 0 Å². The summed E-state index contributed by atoms with van der Waals surface area (Å²) in [5.74, 6) is 0.704. The minimum atomic E-state index is -0.301. The van der Waals surface area contributed by atoms with E-state index in [9.17, 15) is 4.79 Å². The summed E-state index contributed by atoms with van der Waals surface area (Å²) >= 11 is 2.21. The lowest BCUT2D eigenvalue weighted by atomic mass is 10.1. The summed E-state index contributed by atoms with van der Waals surface area (Å²) in [6.07, 6.45) is 3.25. The Bertz CT molecular complexity index is 627. The molecule has 0 unspecified atom stereocenters. The van der Waals surface area contributed by atoms with Crippen molar-refractivity contribution in [3.63, 3.8) is 0 Å². The zero-order valence-corrected chi connectivity index (χ0v) is 13.2. The van der Waals surface area contributed by atoms with E-state index in [2.05, 4.69) is 27.6 Å². The Labute approximate surface area is 125 Å². The van der Waals surface area contributed by atoms with Crippen LogP contribution in [0.5, 0.6) is 11.6 Å². The molecule has 100 valence electrons. The number of hydrogen-bond acceptors (Lipinski definition) is 3. The molecule has 0 atom stereocenters. The highest BCUT2D eigenvalue weighted by Crippen LogP contribution is 2.19. The van der Waals surface area contributed by atoms with Gasteiger partial charge < -0.3 is 9.30 Å². The average Bonchev–Trinajstić information content (AvgIpc) is 2.33. The van der Waals surface area contributed by atoms with E-state index >= 15 is 0 Å². The van der Waals surface area contributed by atoms with Crippen LogP contribution in [0.15, 0.2) is 41.5 Å². The van der Waals surface area contributed by atoms with Gasteiger partial charge in [-0.25, -0.2) is 4.98 Å². The van der Waals surface area contributed by atoms with Gasteiger partial charge in [-0.3, -0.25) is 4.79 Å². The highest BCUT2D eigenvalue weighted by molar-refractivity contribution is 14.1. The molecule has 0 saturated heterocycles. The van der Waals surface area contributed by atoms with Crippen molar-refractivity contribution in [3.8, 4) is 11.6 Å². The fourth-order valence-electron chi connectivity index (χ4n) is 1.61. The highest BCUT2D eigenvalue weighted by atomic mass is 127. The summed E-state index contributed by atoms with van der Waals surface area (Å²) in [4.78, 5) is 16.3. The molecule has 4 nitrogen and oxygen atoms in total. The summed E-state index contributed by atoms with van der Waals surface area (Å²) in [7, 11) is 0. The fraction of sp³-hybridized carbons (Fsp3) is 0.286. The second kappa shape index (κ2) is 5.32. The lowest BCUT2D eigenvalue weighted by Gasteiger charge is -2.22.